The summed E-state index contributed by atoms with van der Waals surface area (Å²) in [5.74, 6) is -0.505. The van der Waals surface area contributed by atoms with Gasteiger partial charge in [-0.2, -0.15) is 17.2 Å². The van der Waals surface area contributed by atoms with E-state index in [-0.39, 0.29) is 17.6 Å². The quantitative estimate of drug-likeness (QED) is 0.539. The minimum absolute atomic E-state index is 0.103. The van der Waals surface area contributed by atoms with E-state index < -0.39 is 21.8 Å². The van der Waals surface area contributed by atoms with E-state index in [1.54, 1.807) is 27.7 Å². The molecule has 0 spiro atoms. The number of aldehydes is 1. The molecule has 0 atom stereocenters. The Kier molecular flexibility index (Phi) is 5.90. The molecule has 0 saturated carbocycles. The molecule has 130 valence electrons. The number of benzene rings is 1. The second-order valence-corrected chi connectivity index (χ2v) is 7.66. The Morgan fingerprint density at radius 1 is 1.13 bits per heavy atom. The number of rotatable bonds is 7. The first-order chi connectivity index (χ1) is 10.5. The second kappa shape index (κ2) is 6.95. The van der Waals surface area contributed by atoms with Crippen LogP contribution in [0.1, 0.15) is 74.4 Å². The van der Waals surface area contributed by atoms with Gasteiger partial charge in [0.1, 0.15) is 12.0 Å². The van der Waals surface area contributed by atoms with Crippen molar-refractivity contribution in [2.45, 2.75) is 58.1 Å². The fraction of sp³-hybridized carbons (Fsp3) is 0.562. The summed E-state index contributed by atoms with van der Waals surface area (Å²) in [5.41, 5.74) is 1.17. The van der Waals surface area contributed by atoms with Gasteiger partial charge in [-0.05, 0) is 35.1 Å². The molecule has 0 radical (unpaired) electrons. The Labute approximate surface area is 136 Å². The number of hydrogen-bond donors (Lipinski definition) is 0. The molecule has 0 aliphatic rings. The third-order valence-electron chi connectivity index (χ3n) is 3.52. The summed E-state index contributed by atoms with van der Waals surface area (Å²) in [6.45, 7) is 8.15. The summed E-state index contributed by atoms with van der Waals surface area (Å²) in [5, 5.41) is -3.97. The van der Waals surface area contributed by atoms with Gasteiger partial charge in [-0.15, -0.1) is 0 Å². The zero-order valence-electron chi connectivity index (χ0n) is 13.9. The normalized spacial score (nSPS) is 12.7. The monoisotopic (exact) mass is 348 g/mol. The Morgan fingerprint density at radius 2 is 1.57 bits per heavy atom. The minimum Gasteiger partial charge on any atom is -0.378 e. The van der Waals surface area contributed by atoms with Crippen LogP contribution in [-0.2, 0) is 10.1 Å². The SMILES string of the molecule is CCC(F)(F)S(=O)(=O)Oc1c(C(C)C)cc(C=O)cc1C(C)C. The molecule has 0 aromatic heterocycles. The highest BCUT2D eigenvalue weighted by Crippen LogP contribution is 2.39. The first-order valence-corrected chi connectivity index (χ1v) is 8.82. The molecule has 0 aliphatic heterocycles. The molecule has 0 heterocycles. The van der Waals surface area contributed by atoms with Crippen molar-refractivity contribution in [2.75, 3.05) is 0 Å². The smallest absolute Gasteiger partial charge is 0.378 e. The van der Waals surface area contributed by atoms with Gasteiger partial charge in [0.05, 0.1) is 0 Å². The highest BCUT2D eigenvalue weighted by Gasteiger charge is 2.46. The van der Waals surface area contributed by atoms with Gasteiger partial charge < -0.3 is 4.18 Å². The number of alkyl halides is 2. The molecule has 7 heteroatoms. The largest absolute Gasteiger partial charge is 0.380 e. The second-order valence-electron chi connectivity index (χ2n) is 5.98. The Morgan fingerprint density at radius 3 is 1.87 bits per heavy atom. The van der Waals surface area contributed by atoms with E-state index in [1.165, 1.54) is 12.1 Å². The van der Waals surface area contributed by atoms with E-state index in [0.717, 1.165) is 6.92 Å². The first-order valence-electron chi connectivity index (χ1n) is 7.41. The van der Waals surface area contributed by atoms with E-state index in [0.29, 0.717) is 23.0 Å². The van der Waals surface area contributed by atoms with Gasteiger partial charge in [0, 0.05) is 12.0 Å². The minimum atomic E-state index is -5.12. The van der Waals surface area contributed by atoms with E-state index in [9.17, 15) is 22.0 Å². The van der Waals surface area contributed by atoms with Gasteiger partial charge in [-0.3, -0.25) is 4.79 Å². The summed E-state index contributed by atoms with van der Waals surface area (Å²) in [7, 11) is -5.12. The Bertz CT molecular complexity index is 650. The fourth-order valence-electron chi connectivity index (χ4n) is 2.07. The predicted octanol–water partition coefficient (Wildman–Crippen LogP) is 4.46. The Hall–Kier alpha value is -1.50. The molecule has 0 unspecified atom stereocenters. The third kappa shape index (κ3) is 4.07. The summed E-state index contributed by atoms with van der Waals surface area (Å²) >= 11 is 0. The molecule has 0 aliphatic carbocycles. The first kappa shape index (κ1) is 19.5. The highest BCUT2D eigenvalue weighted by molar-refractivity contribution is 7.88. The maximum Gasteiger partial charge on any atom is 0.380 e. The molecule has 0 saturated heterocycles. The zero-order chi connectivity index (χ0) is 18.0. The maximum absolute atomic E-state index is 13.7. The Balaban J connectivity index is 3.59. The van der Waals surface area contributed by atoms with E-state index >= 15 is 0 Å². The van der Waals surface area contributed by atoms with Gasteiger partial charge in [0.25, 0.3) is 0 Å². The number of halogens is 2. The summed E-state index contributed by atoms with van der Waals surface area (Å²) in [4.78, 5) is 11.1. The lowest BCUT2D eigenvalue weighted by Gasteiger charge is -2.22. The fourth-order valence-corrected chi connectivity index (χ4v) is 2.96. The van der Waals surface area contributed by atoms with Gasteiger partial charge in [-0.1, -0.05) is 34.6 Å². The molecule has 1 rings (SSSR count). The van der Waals surface area contributed by atoms with Crippen LogP contribution in [0.15, 0.2) is 12.1 Å². The van der Waals surface area contributed by atoms with Crippen LogP contribution < -0.4 is 4.18 Å². The third-order valence-corrected chi connectivity index (χ3v) is 4.93. The van der Waals surface area contributed by atoms with E-state index in [2.05, 4.69) is 0 Å². The van der Waals surface area contributed by atoms with Crippen LogP contribution in [-0.4, -0.2) is 20.0 Å². The van der Waals surface area contributed by atoms with Crippen molar-refractivity contribution < 1.29 is 26.2 Å². The molecule has 0 amide bonds. The molecule has 1 aromatic carbocycles. The molecular formula is C16H22F2O4S. The van der Waals surface area contributed by atoms with Crippen LogP contribution in [0.4, 0.5) is 8.78 Å². The van der Waals surface area contributed by atoms with Gasteiger partial charge in [0.15, 0.2) is 0 Å². The predicted molar refractivity (Wildman–Crippen MR) is 84.8 cm³/mol. The van der Waals surface area contributed by atoms with Crippen molar-refractivity contribution in [3.8, 4) is 5.75 Å². The van der Waals surface area contributed by atoms with Crippen molar-refractivity contribution in [1.82, 2.24) is 0 Å². The van der Waals surface area contributed by atoms with Crippen LogP contribution in [0.3, 0.4) is 0 Å². The average Bonchev–Trinajstić information content (AvgIpc) is 2.46. The molecule has 0 N–H and O–H groups in total. The summed E-state index contributed by atoms with van der Waals surface area (Å²) in [6.07, 6.45) is -0.244. The summed E-state index contributed by atoms with van der Waals surface area (Å²) in [6, 6.07) is 2.94. The molecule has 23 heavy (non-hydrogen) atoms. The molecule has 0 bridgehead atoms. The number of carbonyl (C=O) groups is 1. The number of carbonyl (C=O) groups excluding carboxylic acids is 1. The van der Waals surface area contributed by atoms with Gasteiger partial charge in [-0.25, -0.2) is 0 Å². The standard InChI is InChI=1S/C16H22F2O4S/c1-6-16(17,18)23(20,21)22-15-13(10(2)3)7-12(9-19)8-14(15)11(4)5/h7-11H,6H2,1-5H3. The highest BCUT2D eigenvalue weighted by atomic mass is 32.2. The molecule has 4 nitrogen and oxygen atoms in total. The van der Waals surface area contributed by atoms with Gasteiger partial charge in [0.2, 0.25) is 0 Å². The van der Waals surface area contributed by atoms with Crippen LogP contribution in [0.25, 0.3) is 0 Å². The number of hydrogen-bond acceptors (Lipinski definition) is 4. The lowest BCUT2D eigenvalue weighted by molar-refractivity contribution is 0.0781. The average molecular weight is 348 g/mol. The topological polar surface area (TPSA) is 60.4 Å². The lowest BCUT2D eigenvalue weighted by atomic mass is 9.92. The van der Waals surface area contributed by atoms with Crippen LogP contribution in [0, 0.1) is 0 Å². The van der Waals surface area contributed by atoms with Crippen molar-refractivity contribution in [3.63, 3.8) is 0 Å². The van der Waals surface area contributed by atoms with Gasteiger partial charge >= 0.3 is 15.4 Å². The van der Waals surface area contributed by atoms with E-state index in [1.807, 2.05) is 0 Å². The molecule has 1 aromatic rings. The van der Waals surface area contributed by atoms with Crippen molar-refractivity contribution in [3.05, 3.63) is 28.8 Å². The molecular weight excluding hydrogens is 326 g/mol. The van der Waals surface area contributed by atoms with Crippen LogP contribution in [0.2, 0.25) is 0 Å². The van der Waals surface area contributed by atoms with Crippen molar-refractivity contribution >= 4 is 16.4 Å². The van der Waals surface area contributed by atoms with E-state index in [4.69, 9.17) is 4.18 Å². The summed E-state index contributed by atoms with van der Waals surface area (Å²) < 4.78 is 56.0. The van der Waals surface area contributed by atoms with Crippen LogP contribution >= 0.6 is 0 Å². The lowest BCUT2D eigenvalue weighted by Crippen LogP contribution is -2.32. The van der Waals surface area contributed by atoms with Crippen molar-refractivity contribution in [1.29, 1.82) is 0 Å². The molecule has 0 fully saturated rings. The van der Waals surface area contributed by atoms with Crippen LogP contribution in [0.5, 0.6) is 5.75 Å². The van der Waals surface area contributed by atoms with Crippen molar-refractivity contribution in [2.24, 2.45) is 0 Å². The maximum atomic E-state index is 13.7. The zero-order valence-corrected chi connectivity index (χ0v) is 14.7.